The van der Waals surface area contributed by atoms with Gasteiger partial charge in [-0.05, 0) is 11.0 Å². The van der Waals surface area contributed by atoms with Crippen LogP contribution in [0.5, 0.6) is 0 Å². The van der Waals surface area contributed by atoms with Crippen LogP contribution in [0.4, 0.5) is 0 Å². The van der Waals surface area contributed by atoms with Crippen LogP contribution in [0.3, 0.4) is 0 Å². The maximum Gasteiger partial charge on any atom is 1.00 e. The topological polar surface area (TPSA) is 188 Å². The van der Waals surface area contributed by atoms with Crippen molar-refractivity contribution in [2.24, 2.45) is 0 Å². The summed E-state index contributed by atoms with van der Waals surface area (Å²) in [5.74, 6) is 0. The molecule has 66 valence electrons. The van der Waals surface area contributed by atoms with Gasteiger partial charge in [0.15, 0.2) is 0 Å². The maximum absolute atomic E-state index is 0. The van der Waals surface area contributed by atoms with E-state index in [0.717, 1.165) is 0 Å². The summed E-state index contributed by atoms with van der Waals surface area (Å²) in [7, 11) is 0. The zero-order chi connectivity index (χ0) is 0. The average Bonchev–Trinajstić information content (AvgIpc) is 0. The van der Waals surface area contributed by atoms with Crippen molar-refractivity contribution < 1.29 is 55.2 Å². The van der Waals surface area contributed by atoms with Crippen LogP contribution in [0.25, 0.3) is 0 Å². The van der Waals surface area contributed by atoms with E-state index in [1.807, 2.05) is 0 Å². The van der Waals surface area contributed by atoms with Crippen molar-refractivity contribution in [1.29, 1.82) is 0 Å². The first-order chi connectivity index (χ1) is 0. The molecule has 8 heavy (non-hydrogen) atoms. The minimum Gasteiger partial charge on any atom is -0.870 e. The van der Waals surface area contributed by atoms with E-state index >= 15 is 0 Å². The summed E-state index contributed by atoms with van der Waals surface area (Å²) in [5.41, 5.74) is 0. The standard InChI is InChI=1S/Ag.6H2O.H4Si/h;6*1H2;1H4/q+1;;;;;;;/p-1. The van der Waals surface area contributed by atoms with Gasteiger partial charge in [0.1, 0.15) is 0 Å². The van der Waals surface area contributed by atoms with Crippen molar-refractivity contribution in [2.75, 3.05) is 0 Å². The molecule has 0 spiro atoms. The van der Waals surface area contributed by atoms with Crippen LogP contribution >= 0.6 is 0 Å². The molecule has 0 fully saturated rings. The van der Waals surface area contributed by atoms with Crippen molar-refractivity contribution in [3.05, 3.63) is 0 Å². The molecule has 0 aliphatic heterocycles. The summed E-state index contributed by atoms with van der Waals surface area (Å²) in [6.07, 6.45) is 0. The largest absolute Gasteiger partial charge is 1.00 e. The second-order valence-electron chi connectivity index (χ2n) is 0. The molecule has 0 amide bonds. The maximum atomic E-state index is 0. The fourth-order valence-corrected chi connectivity index (χ4v) is 0. The van der Waals surface area contributed by atoms with Crippen molar-refractivity contribution in [3.63, 3.8) is 0 Å². The van der Waals surface area contributed by atoms with Crippen LogP contribution in [-0.2, 0) is 22.4 Å². The van der Waals surface area contributed by atoms with Gasteiger partial charge in [0.25, 0.3) is 0 Å². The summed E-state index contributed by atoms with van der Waals surface area (Å²) in [5, 5.41) is 0. The van der Waals surface area contributed by atoms with Crippen LogP contribution in [0.15, 0.2) is 0 Å². The Kier molecular flexibility index (Phi) is 85400. The molecule has 0 heterocycles. The van der Waals surface area contributed by atoms with Gasteiger partial charge in [-0.1, -0.05) is 0 Å². The molecule has 0 unspecified atom stereocenters. The predicted molar refractivity (Wildman–Crippen MR) is 31.3 cm³/mol. The molecule has 0 radical (unpaired) electrons. The molecule has 0 aromatic heterocycles. The SMILES string of the molecule is O.O.O.O.O.[Ag+].[OH-].[SiH4]. The third-order valence-electron chi connectivity index (χ3n) is 0. The van der Waals surface area contributed by atoms with Crippen molar-refractivity contribution in [3.8, 4) is 0 Å². The Bertz CT molecular complexity index is 8.49. The third kappa shape index (κ3) is 427. The Labute approximate surface area is 66.7 Å². The summed E-state index contributed by atoms with van der Waals surface area (Å²) < 4.78 is 0. The zero-order valence-electron chi connectivity index (χ0n) is 3.25. The first-order valence-electron chi connectivity index (χ1n) is 0. The summed E-state index contributed by atoms with van der Waals surface area (Å²) in [6.45, 7) is 0. The first kappa shape index (κ1) is 1010. The number of hydrogen-bond acceptors (Lipinski definition) is 1. The summed E-state index contributed by atoms with van der Waals surface area (Å²) >= 11 is 0. The predicted octanol–water partition coefficient (Wildman–Crippen LogP) is -5.75. The minimum atomic E-state index is 0. The van der Waals surface area contributed by atoms with Gasteiger partial charge in [-0.3, -0.25) is 0 Å². The van der Waals surface area contributed by atoms with Gasteiger partial charge in [0.2, 0.25) is 0 Å². The Hall–Kier alpha value is 0.717. The van der Waals surface area contributed by atoms with E-state index in [1.54, 1.807) is 0 Å². The molecule has 0 aliphatic rings. The van der Waals surface area contributed by atoms with Gasteiger partial charge < -0.3 is 32.9 Å². The van der Waals surface area contributed by atoms with Crippen LogP contribution in [0, 0.1) is 0 Å². The van der Waals surface area contributed by atoms with Gasteiger partial charge in [-0.15, -0.1) is 0 Å². The molecule has 8 heteroatoms. The Morgan fingerprint density at radius 3 is 0.500 bits per heavy atom. The Balaban J connectivity index is 0. The van der Waals surface area contributed by atoms with Gasteiger partial charge in [-0.25, -0.2) is 0 Å². The molecule has 0 rings (SSSR count). The first-order valence-corrected chi connectivity index (χ1v) is 0. The molecule has 0 aromatic rings. The van der Waals surface area contributed by atoms with Crippen molar-refractivity contribution in [1.82, 2.24) is 0 Å². The quantitative estimate of drug-likeness (QED) is 0.379. The van der Waals surface area contributed by atoms with E-state index in [0.29, 0.717) is 0 Å². The van der Waals surface area contributed by atoms with E-state index in [1.165, 1.54) is 0 Å². The van der Waals surface area contributed by atoms with E-state index in [9.17, 15) is 0 Å². The van der Waals surface area contributed by atoms with Crippen LogP contribution in [-0.4, -0.2) is 43.8 Å². The van der Waals surface area contributed by atoms with Gasteiger partial charge in [0.05, 0.1) is 0 Å². The van der Waals surface area contributed by atoms with E-state index in [4.69, 9.17) is 0 Å². The van der Waals surface area contributed by atoms with Crippen LogP contribution in [0.2, 0.25) is 0 Å². The molecule has 0 atom stereocenters. The normalized spacial score (nSPS) is 0. The summed E-state index contributed by atoms with van der Waals surface area (Å²) in [6, 6.07) is 0. The molecule has 0 saturated heterocycles. The zero-order valence-corrected chi connectivity index (χ0v) is 4.73. The second-order valence-corrected chi connectivity index (χ2v) is 0. The average molecular weight is 247 g/mol. The third-order valence-corrected chi connectivity index (χ3v) is 0. The van der Waals surface area contributed by atoms with E-state index in [2.05, 4.69) is 0 Å². The van der Waals surface area contributed by atoms with Gasteiger partial charge in [-0.2, -0.15) is 0 Å². The van der Waals surface area contributed by atoms with Crippen molar-refractivity contribution in [2.45, 2.75) is 0 Å². The van der Waals surface area contributed by atoms with Crippen LogP contribution in [0.1, 0.15) is 0 Å². The molecule has 0 aliphatic carbocycles. The van der Waals surface area contributed by atoms with Gasteiger partial charge in [0, 0.05) is 0 Å². The molecular weight excluding hydrogens is 232 g/mol. The van der Waals surface area contributed by atoms with E-state index in [-0.39, 0.29) is 66.2 Å². The van der Waals surface area contributed by atoms with Crippen molar-refractivity contribution >= 4 is 11.0 Å². The van der Waals surface area contributed by atoms with Crippen LogP contribution < -0.4 is 0 Å². The molecule has 6 nitrogen and oxygen atoms in total. The second kappa shape index (κ2) is 677. The minimum absolute atomic E-state index is 0. The fourth-order valence-electron chi connectivity index (χ4n) is 0. The Morgan fingerprint density at radius 2 is 0.500 bits per heavy atom. The van der Waals surface area contributed by atoms with E-state index < -0.39 is 0 Å². The molecule has 0 saturated carbocycles. The molecule has 11 N–H and O–H groups in total. The Morgan fingerprint density at radius 1 is 0.500 bits per heavy atom. The summed E-state index contributed by atoms with van der Waals surface area (Å²) in [4.78, 5) is 0. The number of rotatable bonds is 0. The van der Waals surface area contributed by atoms with Gasteiger partial charge >= 0.3 is 22.4 Å². The molecule has 0 bridgehead atoms. The molecule has 0 aromatic carbocycles. The number of hydrogen-bond donors (Lipinski definition) is 0. The fraction of sp³-hybridized carbons (Fsp3) is 0. The molecular formula is H15AgO6Si. The smallest absolute Gasteiger partial charge is 0.870 e. The monoisotopic (exact) mass is 246 g/mol.